The van der Waals surface area contributed by atoms with Crippen molar-refractivity contribution in [2.24, 2.45) is 0 Å². The molecule has 0 aliphatic heterocycles. The van der Waals surface area contributed by atoms with E-state index in [2.05, 4.69) is 15.9 Å². The maximum Gasteiger partial charge on any atom is 0.347 e. The van der Waals surface area contributed by atoms with Crippen LogP contribution in [-0.4, -0.2) is 30.9 Å². The highest BCUT2D eigenvalue weighted by atomic mass is 79.9. The van der Waals surface area contributed by atoms with Gasteiger partial charge in [0.1, 0.15) is 5.75 Å². The van der Waals surface area contributed by atoms with Gasteiger partial charge >= 0.3 is 5.97 Å². The van der Waals surface area contributed by atoms with Crippen LogP contribution in [0.15, 0.2) is 22.7 Å². The highest BCUT2D eigenvalue weighted by Gasteiger charge is 2.20. The van der Waals surface area contributed by atoms with Gasteiger partial charge in [0.15, 0.2) is 0 Å². The number of aliphatic carboxylic acids is 1. The molecule has 0 bridgehead atoms. The minimum absolute atomic E-state index is 0.0435. The zero-order chi connectivity index (χ0) is 12.1. The molecule has 0 aromatic heterocycles. The molecule has 1 N–H and O–H groups in total. The fourth-order valence-corrected chi connectivity index (χ4v) is 1.53. The van der Waals surface area contributed by atoms with Crippen molar-refractivity contribution < 1.29 is 19.4 Å². The van der Waals surface area contributed by atoms with Crippen molar-refractivity contribution in [1.82, 2.24) is 0 Å². The zero-order valence-corrected chi connectivity index (χ0v) is 10.8. The van der Waals surface area contributed by atoms with Crippen LogP contribution in [0.3, 0.4) is 0 Å². The normalized spacial score (nSPS) is 12.2. The summed E-state index contributed by atoms with van der Waals surface area (Å²) in [7, 11) is 1.40. The third kappa shape index (κ3) is 3.66. The molecule has 4 nitrogen and oxygen atoms in total. The number of ether oxygens (including phenoxy) is 2. The smallest absolute Gasteiger partial charge is 0.347 e. The van der Waals surface area contributed by atoms with Crippen LogP contribution in [-0.2, 0) is 9.53 Å². The lowest BCUT2D eigenvalue weighted by molar-refractivity contribution is -0.147. The number of carbonyl (C=O) groups is 1. The molecule has 0 aliphatic carbocycles. The van der Waals surface area contributed by atoms with Gasteiger partial charge in [0, 0.05) is 11.6 Å². The summed E-state index contributed by atoms with van der Waals surface area (Å²) in [6, 6.07) is 4.96. The van der Waals surface area contributed by atoms with Crippen LogP contribution in [0.25, 0.3) is 0 Å². The van der Waals surface area contributed by atoms with Crippen molar-refractivity contribution in [1.29, 1.82) is 0 Å². The second-order valence-corrected chi connectivity index (χ2v) is 4.30. The molecule has 1 rings (SSSR count). The van der Waals surface area contributed by atoms with Gasteiger partial charge < -0.3 is 14.6 Å². The van der Waals surface area contributed by atoms with Gasteiger partial charge in [-0.1, -0.05) is 27.5 Å². The minimum atomic E-state index is -1.10. The molecule has 1 aromatic rings. The van der Waals surface area contributed by atoms with Gasteiger partial charge in [-0.25, -0.2) is 4.79 Å². The van der Waals surface area contributed by atoms with Crippen LogP contribution >= 0.6 is 27.5 Å². The maximum atomic E-state index is 10.8. The van der Waals surface area contributed by atoms with E-state index in [1.165, 1.54) is 7.11 Å². The Morgan fingerprint density at radius 1 is 1.62 bits per heavy atom. The van der Waals surface area contributed by atoms with Gasteiger partial charge in [-0.2, -0.15) is 0 Å². The van der Waals surface area contributed by atoms with Gasteiger partial charge in [-0.3, -0.25) is 0 Å². The molecule has 6 heteroatoms. The van der Waals surface area contributed by atoms with Gasteiger partial charge in [-0.15, -0.1) is 0 Å². The minimum Gasteiger partial charge on any atom is -0.478 e. The van der Waals surface area contributed by atoms with Crippen molar-refractivity contribution in [3.05, 3.63) is 27.7 Å². The molecule has 0 amide bonds. The second-order valence-electron chi connectivity index (χ2n) is 2.97. The van der Waals surface area contributed by atoms with Crippen molar-refractivity contribution in [3.8, 4) is 5.75 Å². The SMILES string of the molecule is COCC(Oc1cc(Br)ccc1Cl)C(=O)O. The van der Waals surface area contributed by atoms with Crippen LogP contribution in [0.2, 0.25) is 5.02 Å². The molecular weight excluding hydrogens is 299 g/mol. The average molecular weight is 310 g/mol. The topological polar surface area (TPSA) is 55.8 Å². The third-order valence-corrected chi connectivity index (χ3v) is 2.56. The maximum absolute atomic E-state index is 10.8. The van der Waals surface area contributed by atoms with E-state index in [0.29, 0.717) is 10.8 Å². The van der Waals surface area contributed by atoms with E-state index in [9.17, 15) is 4.79 Å². The summed E-state index contributed by atoms with van der Waals surface area (Å²) in [6.07, 6.45) is -1.07. The standard InChI is InChI=1S/C10H10BrClO4/c1-15-5-9(10(13)14)16-8-4-6(11)2-3-7(8)12/h2-4,9H,5H2,1H3,(H,13,14). The first-order valence-electron chi connectivity index (χ1n) is 4.38. The van der Waals surface area contributed by atoms with Gasteiger partial charge in [0.25, 0.3) is 0 Å². The van der Waals surface area contributed by atoms with E-state index >= 15 is 0 Å². The highest BCUT2D eigenvalue weighted by Crippen LogP contribution is 2.28. The van der Waals surface area contributed by atoms with Crippen LogP contribution in [0.1, 0.15) is 0 Å². The van der Waals surface area contributed by atoms with Crippen molar-refractivity contribution >= 4 is 33.5 Å². The Morgan fingerprint density at radius 2 is 2.31 bits per heavy atom. The van der Waals surface area contributed by atoms with E-state index in [0.717, 1.165) is 4.47 Å². The largest absolute Gasteiger partial charge is 0.478 e. The number of hydrogen-bond acceptors (Lipinski definition) is 3. The van der Waals surface area contributed by atoms with E-state index in [1.54, 1.807) is 18.2 Å². The number of rotatable bonds is 5. The Bertz CT molecular complexity index is 383. The number of carboxylic acids is 1. The highest BCUT2D eigenvalue weighted by molar-refractivity contribution is 9.10. The summed E-state index contributed by atoms with van der Waals surface area (Å²) in [5.41, 5.74) is 0. The van der Waals surface area contributed by atoms with Gasteiger partial charge in [0.2, 0.25) is 6.10 Å². The fraction of sp³-hybridized carbons (Fsp3) is 0.300. The molecule has 0 fully saturated rings. The van der Waals surface area contributed by atoms with Crippen molar-refractivity contribution in [2.45, 2.75) is 6.10 Å². The van der Waals surface area contributed by atoms with Crippen molar-refractivity contribution in [3.63, 3.8) is 0 Å². The molecule has 1 aromatic carbocycles. The second kappa shape index (κ2) is 6.08. The number of methoxy groups -OCH3 is 1. The monoisotopic (exact) mass is 308 g/mol. The summed E-state index contributed by atoms with van der Waals surface area (Å²) in [6.45, 7) is -0.0435. The molecule has 0 saturated carbocycles. The zero-order valence-electron chi connectivity index (χ0n) is 8.44. The molecule has 0 saturated heterocycles. The molecular formula is C10H10BrClO4. The van der Waals surface area contributed by atoms with Crippen molar-refractivity contribution in [2.75, 3.05) is 13.7 Å². The molecule has 0 spiro atoms. The van der Waals surface area contributed by atoms with Crippen LogP contribution in [0.5, 0.6) is 5.75 Å². The van der Waals surface area contributed by atoms with E-state index in [4.69, 9.17) is 26.2 Å². The van der Waals surface area contributed by atoms with Gasteiger partial charge in [0.05, 0.1) is 11.6 Å². The summed E-state index contributed by atoms with van der Waals surface area (Å²) in [4.78, 5) is 10.8. The lowest BCUT2D eigenvalue weighted by Crippen LogP contribution is -2.31. The molecule has 88 valence electrons. The Morgan fingerprint density at radius 3 is 2.88 bits per heavy atom. The summed E-state index contributed by atoms with van der Waals surface area (Å²) < 4.78 is 10.7. The fourth-order valence-electron chi connectivity index (χ4n) is 1.03. The first-order chi connectivity index (χ1) is 7.54. The lowest BCUT2D eigenvalue weighted by atomic mass is 10.3. The molecule has 16 heavy (non-hydrogen) atoms. The number of hydrogen-bond donors (Lipinski definition) is 1. The molecule has 1 unspecified atom stereocenters. The summed E-state index contributed by atoms with van der Waals surface area (Å²) in [5, 5.41) is 9.22. The van der Waals surface area contributed by atoms with E-state index in [-0.39, 0.29) is 6.61 Å². The van der Waals surface area contributed by atoms with E-state index in [1.807, 2.05) is 0 Å². The predicted molar refractivity (Wildman–Crippen MR) is 63.1 cm³/mol. The van der Waals surface area contributed by atoms with E-state index < -0.39 is 12.1 Å². The molecule has 1 atom stereocenters. The quantitative estimate of drug-likeness (QED) is 0.908. The molecule has 0 radical (unpaired) electrons. The average Bonchev–Trinajstić information content (AvgIpc) is 2.22. The van der Waals surface area contributed by atoms with Crippen LogP contribution < -0.4 is 4.74 Å². The Kier molecular flexibility index (Phi) is 5.05. The lowest BCUT2D eigenvalue weighted by Gasteiger charge is -2.15. The Hall–Kier alpha value is -0.780. The number of carboxylic acid groups (broad SMARTS) is 1. The third-order valence-electron chi connectivity index (χ3n) is 1.76. The number of halogens is 2. The Balaban J connectivity index is 2.84. The molecule has 0 aliphatic rings. The predicted octanol–water partition coefficient (Wildman–Crippen LogP) is 2.58. The summed E-state index contributed by atoms with van der Waals surface area (Å²) >= 11 is 9.11. The first kappa shape index (κ1) is 13.3. The van der Waals surface area contributed by atoms with Crippen LogP contribution in [0.4, 0.5) is 0 Å². The molecule has 0 heterocycles. The number of benzene rings is 1. The Labute approximate surface area is 106 Å². The summed E-state index contributed by atoms with van der Waals surface area (Å²) in [5.74, 6) is -0.793. The van der Waals surface area contributed by atoms with Gasteiger partial charge in [-0.05, 0) is 18.2 Å². The van der Waals surface area contributed by atoms with Crippen LogP contribution in [0, 0.1) is 0 Å². The first-order valence-corrected chi connectivity index (χ1v) is 5.55.